The second-order valence-corrected chi connectivity index (χ2v) is 7.26. The Hall–Kier alpha value is -1.68. The van der Waals surface area contributed by atoms with E-state index in [9.17, 15) is 4.79 Å². The molecule has 0 spiro atoms. The summed E-state index contributed by atoms with van der Waals surface area (Å²) in [4.78, 5) is 15.2. The highest BCUT2D eigenvalue weighted by Gasteiger charge is 2.33. The number of carbonyl (C=O) groups is 1. The van der Waals surface area contributed by atoms with Crippen LogP contribution in [0, 0.1) is 0 Å². The maximum absolute atomic E-state index is 12.2. The molecule has 0 unspecified atom stereocenters. The fraction of sp³-hybridized carbons (Fsp3) is 0.118. The number of rotatable bonds is 4. The van der Waals surface area contributed by atoms with Crippen molar-refractivity contribution in [2.75, 3.05) is 0 Å². The minimum absolute atomic E-state index is 0.324. The van der Waals surface area contributed by atoms with Crippen LogP contribution in [0.1, 0.15) is 15.9 Å². The van der Waals surface area contributed by atoms with Crippen molar-refractivity contribution in [3.63, 3.8) is 0 Å². The van der Waals surface area contributed by atoms with Crippen LogP contribution in [-0.2, 0) is 6.61 Å². The van der Waals surface area contributed by atoms with Crippen LogP contribution in [0.4, 0.5) is 0 Å². The SMILES string of the molecule is O=C(c1c[nH]c2c(OCc3ccccc3)cccc12)C(Cl)(Cl)Cl. The number of aromatic amines is 1. The molecule has 0 aliphatic rings. The molecule has 0 saturated carbocycles. The first-order valence-corrected chi connectivity index (χ1v) is 7.98. The number of hydrogen-bond donors (Lipinski definition) is 1. The van der Waals surface area contributed by atoms with Crippen LogP contribution in [0.5, 0.6) is 5.75 Å². The van der Waals surface area contributed by atoms with E-state index in [1.54, 1.807) is 12.1 Å². The molecule has 0 saturated heterocycles. The van der Waals surface area contributed by atoms with Crippen LogP contribution in [0.15, 0.2) is 54.7 Å². The molecule has 3 nitrogen and oxygen atoms in total. The van der Waals surface area contributed by atoms with Crippen LogP contribution in [-0.4, -0.2) is 14.6 Å². The quantitative estimate of drug-likeness (QED) is 0.501. The van der Waals surface area contributed by atoms with Crippen molar-refractivity contribution in [3.05, 3.63) is 65.9 Å². The summed E-state index contributed by atoms with van der Waals surface area (Å²) in [6.45, 7) is 0.423. The Morgan fingerprint density at radius 3 is 2.48 bits per heavy atom. The normalized spacial score (nSPS) is 11.6. The molecule has 118 valence electrons. The van der Waals surface area contributed by atoms with E-state index in [1.165, 1.54) is 6.20 Å². The first-order chi connectivity index (χ1) is 11.0. The standard InChI is InChI=1S/C17H12Cl3NO2/c18-17(19,20)16(22)13-9-21-15-12(13)7-4-8-14(15)23-10-11-5-2-1-3-6-11/h1-9,21H,10H2. The van der Waals surface area contributed by atoms with E-state index < -0.39 is 9.58 Å². The number of hydrogen-bond acceptors (Lipinski definition) is 2. The zero-order valence-electron chi connectivity index (χ0n) is 11.9. The van der Waals surface area contributed by atoms with Crippen molar-refractivity contribution in [1.82, 2.24) is 4.98 Å². The van der Waals surface area contributed by atoms with Gasteiger partial charge in [0, 0.05) is 17.1 Å². The van der Waals surface area contributed by atoms with Crippen molar-refractivity contribution in [2.45, 2.75) is 10.4 Å². The molecule has 0 fully saturated rings. The molecule has 0 amide bonds. The summed E-state index contributed by atoms with van der Waals surface area (Å²) in [5.74, 6) is 0.0590. The van der Waals surface area contributed by atoms with E-state index in [2.05, 4.69) is 4.98 Å². The number of benzene rings is 2. The average Bonchev–Trinajstić information content (AvgIpc) is 2.96. The third kappa shape index (κ3) is 3.47. The molecule has 3 rings (SSSR count). The second kappa shape index (κ2) is 6.44. The van der Waals surface area contributed by atoms with Crippen molar-refractivity contribution < 1.29 is 9.53 Å². The number of H-pyrrole nitrogens is 1. The number of ketones is 1. The molecule has 0 bridgehead atoms. The lowest BCUT2D eigenvalue weighted by molar-refractivity contribution is 0.0998. The van der Waals surface area contributed by atoms with Gasteiger partial charge < -0.3 is 9.72 Å². The smallest absolute Gasteiger partial charge is 0.253 e. The molecule has 1 N–H and O–H groups in total. The number of para-hydroxylation sites is 1. The van der Waals surface area contributed by atoms with Gasteiger partial charge in [-0.1, -0.05) is 77.3 Å². The molecule has 1 aromatic heterocycles. The molecular weight excluding hydrogens is 357 g/mol. The van der Waals surface area contributed by atoms with Crippen LogP contribution in [0.3, 0.4) is 0 Å². The fourth-order valence-electron chi connectivity index (χ4n) is 2.32. The highest BCUT2D eigenvalue weighted by atomic mass is 35.6. The summed E-state index contributed by atoms with van der Waals surface area (Å²) >= 11 is 17.1. The second-order valence-electron chi connectivity index (χ2n) is 4.98. The van der Waals surface area contributed by atoms with E-state index in [0.717, 1.165) is 5.56 Å². The lowest BCUT2D eigenvalue weighted by Crippen LogP contribution is -2.18. The van der Waals surface area contributed by atoms with Gasteiger partial charge in [-0.05, 0) is 11.6 Å². The Labute approximate surface area is 148 Å². The summed E-state index contributed by atoms with van der Waals surface area (Å²) in [6.07, 6.45) is 1.53. The van der Waals surface area contributed by atoms with Gasteiger partial charge in [0.2, 0.25) is 5.78 Å². The molecule has 0 radical (unpaired) electrons. The van der Waals surface area contributed by atoms with Crippen LogP contribution in [0.2, 0.25) is 0 Å². The van der Waals surface area contributed by atoms with Crippen LogP contribution < -0.4 is 4.74 Å². The number of halogens is 3. The number of nitrogens with one attached hydrogen (secondary N) is 1. The summed E-state index contributed by atoms with van der Waals surface area (Å²) in [6, 6.07) is 15.2. The Morgan fingerprint density at radius 1 is 1.04 bits per heavy atom. The Morgan fingerprint density at radius 2 is 1.78 bits per heavy atom. The highest BCUT2D eigenvalue weighted by molar-refractivity contribution is 6.77. The van der Waals surface area contributed by atoms with Gasteiger partial charge in [0.25, 0.3) is 3.79 Å². The molecule has 2 aromatic carbocycles. The number of ether oxygens (including phenoxy) is 1. The molecule has 3 aromatic rings. The molecule has 0 atom stereocenters. The summed E-state index contributed by atoms with van der Waals surface area (Å²) in [5.41, 5.74) is 2.07. The number of alkyl halides is 3. The third-order valence-electron chi connectivity index (χ3n) is 3.42. The number of aromatic nitrogens is 1. The third-order valence-corrected chi connectivity index (χ3v) is 3.93. The van der Waals surface area contributed by atoms with Crippen LogP contribution in [0.25, 0.3) is 10.9 Å². The van der Waals surface area contributed by atoms with Gasteiger partial charge in [-0.3, -0.25) is 4.79 Å². The first-order valence-electron chi connectivity index (χ1n) is 6.85. The number of fused-ring (bicyclic) bond motifs is 1. The summed E-state index contributed by atoms with van der Waals surface area (Å²) in [5, 5.41) is 0.659. The molecule has 0 aliphatic carbocycles. The van der Waals surface area contributed by atoms with Crippen molar-refractivity contribution >= 4 is 51.5 Å². The van der Waals surface area contributed by atoms with Gasteiger partial charge in [-0.2, -0.15) is 0 Å². The summed E-state index contributed by atoms with van der Waals surface area (Å²) < 4.78 is 3.85. The minimum Gasteiger partial charge on any atom is -0.487 e. The fourth-order valence-corrected chi connectivity index (χ4v) is 2.63. The van der Waals surface area contributed by atoms with Gasteiger partial charge in [0.1, 0.15) is 12.4 Å². The Kier molecular flexibility index (Phi) is 4.53. The molecule has 0 aliphatic heterocycles. The van der Waals surface area contributed by atoms with Gasteiger partial charge in [-0.25, -0.2) is 0 Å². The minimum atomic E-state index is -1.99. The monoisotopic (exact) mass is 367 g/mol. The Balaban J connectivity index is 1.91. The lowest BCUT2D eigenvalue weighted by atomic mass is 10.1. The van der Waals surface area contributed by atoms with Gasteiger partial charge >= 0.3 is 0 Å². The van der Waals surface area contributed by atoms with E-state index >= 15 is 0 Å². The summed E-state index contributed by atoms with van der Waals surface area (Å²) in [7, 11) is 0. The predicted molar refractivity (Wildman–Crippen MR) is 93.7 cm³/mol. The van der Waals surface area contributed by atoms with E-state index in [4.69, 9.17) is 39.5 Å². The Bertz CT molecular complexity index is 838. The average molecular weight is 369 g/mol. The zero-order valence-corrected chi connectivity index (χ0v) is 14.1. The topological polar surface area (TPSA) is 42.1 Å². The molecular formula is C17H12Cl3NO2. The largest absolute Gasteiger partial charge is 0.487 e. The van der Waals surface area contributed by atoms with Crippen molar-refractivity contribution in [2.24, 2.45) is 0 Å². The van der Waals surface area contributed by atoms with Crippen molar-refractivity contribution in [1.29, 1.82) is 0 Å². The maximum Gasteiger partial charge on any atom is 0.253 e. The zero-order chi connectivity index (χ0) is 16.4. The number of Topliss-reactive ketones (excluding diaryl/α,β-unsaturated/α-hetero) is 1. The molecule has 1 heterocycles. The van der Waals surface area contributed by atoms with E-state index in [1.807, 2.05) is 36.4 Å². The predicted octanol–water partition coefficient (Wildman–Crippen LogP) is 5.30. The number of carbonyl (C=O) groups excluding carboxylic acids is 1. The van der Waals surface area contributed by atoms with Gasteiger partial charge in [0.15, 0.2) is 0 Å². The van der Waals surface area contributed by atoms with Crippen molar-refractivity contribution in [3.8, 4) is 5.75 Å². The van der Waals surface area contributed by atoms with Crippen LogP contribution >= 0.6 is 34.8 Å². The maximum atomic E-state index is 12.2. The van der Waals surface area contributed by atoms with E-state index in [0.29, 0.717) is 28.8 Å². The molecule has 6 heteroatoms. The van der Waals surface area contributed by atoms with Gasteiger partial charge in [0.05, 0.1) is 5.52 Å². The van der Waals surface area contributed by atoms with Gasteiger partial charge in [-0.15, -0.1) is 0 Å². The lowest BCUT2D eigenvalue weighted by Gasteiger charge is -2.09. The highest BCUT2D eigenvalue weighted by Crippen LogP contribution is 2.35. The molecule has 23 heavy (non-hydrogen) atoms. The first kappa shape index (κ1) is 16.2. The van der Waals surface area contributed by atoms with E-state index in [-0.39, 0.29) is 0 Å².